The number of carboxylic acid groups (broad SMARTS) is 1. The Morgan fingerprint density at radius 3 is 2.91 bits per heavy atom. The minimum absolute atomic E-state index is 0.0181. The summed E-state index contributed by atoms with van der Waals surface area (Å²) in [5.41, 5.74) is 2.92. The van der Waals surface area contributed by atoms with Crippen LogP contribution in [0.3, 0.4) is 0 Å². The van der Waals surface area contributed by atoms with Crippen LogP contribution in [0.15, 0.2) is 35.5 Å². The van der Waals surface area contributed by atoms with Crippen molar-refractivity contribution in [3.8, 4) is 11.5 Å². The van der Waals surface area contributed by atoms with Crippen molar-refractivity contribution in [3.63, 3.8) is 0 Å². The molecule has 4 N–H and O–H groups in total. The Kier molecular flexibility index (Phi) is 6.20. The van der Waals surface area contributed by atoms with Gasteiger partial charge in [-0.25, -0.2) is 9.97 Å². The van der Waals surface area contributed by atoms with E-state index in [9.17, 15) is 9.90 Å². The molecule has 0 aliphatic carbocycles. The Bertz CT molecular complexity index is 1150. The van der Waals surface area contributed by atoms with E-state index in [4.69, 9.17) is 9.47 Å². The zero-order valence-electron chi connectivity index (χ0n) is 17.8. The van der Waals surface area contributed by atoms with Gasteiger partial charge in [0.15, 0.2) is 11.5 Å². The number of carbonyl (C=O) groups is 1. The summed E-state index contributed by atoms with van der Waals surface area (Å²) in [6, 6.07) is 9.62. The maximum Gasteiger partial charge on any atom is 0.303 e. The van der Waals surface area contributed by atoms with Crippen molar-refractivity contribution < 1.29 is 19.4 Å². The monoisotopic (exact) mass is 468 g/mol. The normalized spacial score (nSPS) is 14.8. The number of nitrogens with zero attached hydrogens (tertiary/aromatic N) is 3. The molecule has 5 rings (SSSR count). The highest BCUT2D eigenvalue weighted by Crippen LogP contribution is 2.36. The lowest BCUT2D eigenvalue weighted by molar-refractivity contribution is -0.137. The van der Waals surface area contributed by atoms with Crippen molar-refractivity contribution >= 4 is 29.2 Å². The lowest BCUT2D eigenvalue weighted by Gasteiger charge is -2.19. The fourth-order valence-electron chi connectivity index (χ4n) is 3.89. The highest BCUT2D eigenvalue weighted by Gasteiger charge is 2.22. The van der Waals surface area contributed by atoms with E-state index in [0.717, 1.165) is 48.0 Å². The number of thioether (sulfide) groups is 1. The Morgan fingerprint density at radius 1 is 1.12 bits per heavy atom. The Hall–Kier alpha value is -3.47. The molecule has 2 aliphatic heterocycles. The number of aromatic nitrogens is 4. The van der Waals surface area contributed by atoms with Crippen molar-refractivity contribution in [1.82, 2.24) is 20.2 Å². The lowest BCUT2D eigenvalue weighted by atomic mass is 9.92. The molecule has 33 heavy (non-hydrogen) atoms. The summed E-state index contributed by atoms with van der Waals surface area (Å²) in [4.78, 5) is 20.7. The second-order valence-corrected chi connectivity index (χ2v) is 8.89. The first-order chi connectivity index (χ1) is 16.1. The van der Waals surface area contributed by atoms with E-state index in [-0.39, 0.29) is 19.1 Å². The molecule has 1 aromatic carbocycles. The molecule has 0 saturated carbocycles. The zero-order chi connectivity index (χ0) is 22.6. The fraction of sp³-hybridized carbons (Fsp3) is 0.364. The Morgan fingerprint density at radius 2 is 2.00 bits per heavy atom. The third-order valence-electron chi connectivity index (χ3n) is 5.52. The maximum absolute atomic E-state index is 11.5. The second-order valence-electron chi connectivity index (χ2n) is 7.83. The van der Waals surface area contributed by atoms with Gasteiger partial charge < -0.3 is 25.2 Å². The van der Waals surface area contributed by atoms with Gasteiger partial charge in [0.1, 0.15) is 11.6 Å². The van der Waals surface area contributed by atoms with Gasteiger partial charge in [-0.15, -0.1) is 5.10 Å². The number of aryl methyl sites for hydroxylation is 1. The first kappa shape index (κ1) is 21.4. The number of hydrogen-bond acceptors (Lipinski definition) is 9. The molecule has 2 aliphatic rings. The van der Waals surface area contributed by atoms with E-state index in [2.05, 4.69) is 36.9 Å². The predicted octanol–water partition coefficient (Wildman–Crippen LogP) is 2.90. The average molecular weight is 469 g/mol. The molecule has 0 spiro atoms. The second kappa shape index (κ2) is 9.57. The van der Waals surface area contributed by atoms with Gasteiger partial charge in [-0.05, 0) is 36.2 Å². The lowest BCUT2D eigenvalue weighted by Crippen LogP contribution is -2.21. The molecule has 10 nitrogen and oxygen atoms in total. The topological polar surface area (TPSA) is 134 Å². The van der Waals surface area contributed by atoms with E-state index < -0.39 is 5.97 Å². The van der Waals surface area contributed by atoms with Crippen LogP contribution in [0.5, 0.6) is 11.5 Å². The molecule has 2 aromatic heterocycles. The maximum atomic E-state index is 11.5. The van der Waals surface area contributed by atoms with Crippen LogP contribution >= 0.6 is 11.8 Å². The van der Waals surface area contributed by atoms with E-state index in [0.29, 0.717) is 28.9 Å². The van der Waals surface area contributed by atoms with Crippen LogP contribution in [0, 0.1) is 0 Å². The number of benzene rings is 1. The molecule has 0 saturated heterocycles. The molecule has 0 amide bonds. The van der Waals surface area contributed by atoms with Gasteiger partial charge in [-0.3, -0.25) is 9.89 Å². The van der Waals surface area contributed by atoms with Crippen LogP contribution in [0.2, 0.25) is 0 Å². The summed E-state index contributed by atoms with van der Waals surface area (Å²) in [6.07, 6.45) is 1.21. The number of rotatable bonds is 9. The number of carboxylic acids is 1. The van der Waals surface area contributed by atoms with E-state index >= 15 is 0 Å². The molecule has 172 valence electrons. The van der Waals surface area contributed by atoms with Crippen LogP contribution in [0.25, 0.3) is 0 Å². The summed E-state index contributed by atoms with van der Waals surface area (Å²) < 4.78 is 10.8. The number of H-pyrrole nitrogens is 1. The smallest absolute Gasteiger partial charge is 0.303 e. The quantitative estimate of drug-likeness (QED) is 0.347. The van der Waals surface area contributed by atoms with E-state index in [1.54, 1.807) is 11.8 Å². The Labute approximate surface area is 194 Å². The largest absolute Gasteiger partial charge is 0.481 e. The molecule has 1 atom stereocenters. The van der Waals surface area contributed by atoms with Gasteiger partial charge in [0.25, 0.3) is 0 Å². The van der Waals surface area contributed by atoms with Crippen molar-refractivity contribution in [3.05, 3.63) is 47.4 Å². The van der Waals surface area contributed by atoms with Crippen molar-refractivity contribution in [1.29, 1.82) is 0 Å². The summed E-state index contributed by atoms with van der Waals surface area (Å²) in [7, 11) is 0. The number of anilines is 2. The standard InChI is InChI=1S/C22H24N6O4S/c29-20(30)11-14(13-1-4-17-18(9-13)32-12-31-17)10-19-26-22(28-27-19)33-8-5-15-2-3-16-21(25-15)24-7-6-23-16/h1-4,9,14,23H,5-8,10-12H2,(H,24,25)(H,29,30)(H,26,27,28). The van der Waals surface area contributed by atoms with E-state index in [1.807, 2.05) is 24.3 Å². The van der Waals surface area contributed by atoms with Crippen LogP contribution < -0.4 is 20.1 Å². The van der Waals surface area contributed by atoms with Crippen LogP contribution in [-0.2, 0) is 17.6 Å². The van der Waals surface area contributed by atoms with Gasteiger partial charge in [-0.1, -0.05) is 17.8 Å². The Balaban J connectivity index is 1.19. The SMILES string of the molecule is O=C(O)CC(Cc1nc(SCCc2ccc3c(n2)NCCN3)n[nH]1)c1ccc2c(c1)OCO2. The molecule has 11 heteroatoms. The number of aliphatic carboxylic acids is 1. The number of nitrogens with one attached hydrogen (secondary N) is 3. The van der Waals surface area contributed by atoms with Crippen molar-refractivity contribution in [2.45, 2.75) is 30.3 Å². The molecular formula is C22H24N6O4S. The minimum Gasteiger partial charge on any atom is -0.481 e. The third kappa shape index (κ3) is 5.14. The van der Waals surface area contributed by atoms with Crippen LogP contribution in [0.4, 0.5) is 11.5 Å². The molecule has 0 bridgehead atoms. The van der Waals surface area contributed by atoms with Gasteiger partial charge in [0.2, 0.25) is 11.9 Å². The van der Waals surface area contributed by atoms with Crippen molar-refractivity contribution in [2.24, 2.45) is 0 Å². The molecular weight excluding hydrogens is 444 g/mol. The highest BCUT2D eigenvalue weighted by molar-refractivity contribution is 7.99. The van der Waals surface area contributed by atoms with Crippen LogP contribution in [0.1, 0.15) is 29.4 Å². The summed E-state index contributed by atoms with van der Waals surface area (Å²) in [6.45, 7) is 1.95. The predicted molar refractivity (Wildman–Crippen MR) is 123 cm³/mol. The third-order valence-corrected chi connectivity index (χ3v) is 6.36. The highest BCUT2D eigenvalue weighted by atomic mass is 32.2. The van der Waals surface area contributed by atoms with Gasteiger partial charge in [0.05, 0.1) is 12.1 Å². The summed E-state index contributed by atoms with van der Waals surface area (Å²) in [5.74, 6) is 2.53. The van der Waals surface area contributed by atoms with Crippen LogP contribution in [-0.4, -0.2) is 56.9 Å². The number of fused-ring (bicyclic) bond motifs is 2. The molecule has 3 aromatic rings. The van der Waals surface area contributed by atoms with Gasteiger partial charge >= 0.3 is 5.97 Å². The van der Waals surface area contributed by atoms with Crippen molar-refractivity contribution in [2.75, 3.05) is 36.3 Å². The molecule has 0 fully saturated rings. The number of hydrogen-bond donors (Lipinski definition) is 4. The number of ether oxygens (including phenoxy) is 2. The summed E-state index contributed by atoms with van der Waals surface area (Å²) >= 11 is 1.54. The first-order valence-electron chi connectivity index (χ1n) is 10.8. The van der Waals surface area contributed by atoms with Gasteiger partial charge in [0, 0.05) is 36.9 Å². The number of pyridine rings is 1. The number of aromatic amines is 1. The minimum atomic E-state index is -0.867. The fourth-order valence-corrected chi connectivity index (χ4v) is 4.67. The van der Waals surface area contributed by atoms with E-state index in [1.165, 1.54) is 0 Å². The molecule has 1 unspecified atom stereocenters. The zero-order valence-corrected chi connectivity index (χ0v) is 18.7. The summed E-state index contributed by atoms with van der Waals surface area (Å²) in [5, 5.41) is 23.9. The molecule has 4 heterocycles. The van der Waals surface area contributed by atoms with Gasteiger partial charge in [-0.2, -0.15) is 0 Å². The molecule has 0 radical (unpaired) electrons. The average Bonchev–Trinajstić information content (AvgIpc) is 3.47. The first-order valence-corrected chi connectivity index (χ1v) is 11.8.